The number of alkyl halides is 2. The second kappa shape index (κ2) is 2.90. The van der Waals surface area contributed by atoms with E-state index in [1.807, 2.05) is 0 Å². The minimum absolute atomic E-state index is 0.0386. The molecule has 0 aliphatic heterocycles. The molecule has 0 aliphatic carbocycles. The molecular formula is C8H8ClF2N. The van der Waals surface area contributed by atoms with Gasteiger partial charge in [0.15, 0.2) is 0 Å². The van der Waals surface area contributed by atoms with E-state index in [9.17, 15) is 8.78 Å². The van der Waals surface area contributed by atoms with Crippen molar-refractivity contribution in [1.82, 2.24) is 0 Å². The van der Waals surface area contributed by atoms with Crippen molar-refractivity contribution in [3.8, 4) is 0 Å². The van der Waals surface area contributed by atoms with Crippen molar-refractivity contribution in [3.05, 3.63) is 28.8 Å². The maximum Gasteiger partial charge on any atom is 0.272 e. The van der Waals surface area contributed by atoms with Crippen LogP contribution in [0, 0.1) is 0 Å². The fourth-order valence-corrected chi connectivity index (χ4v) is 1.16. The third-order valence-corrected chi connectivity index (χ3v) is 1.79. The SMILES string of the molecule is CC(F)(F)c1cc(N)ccc1Cl. The number of nitrogen functional groups attached to an aromatic ring is 1. The van der Waals surface area contributed by atoms with E-state index >= 15 is 0 Å². The highest BCUT2D eigenvalue weighted by Gasteiger charge is 2.27. The molecule has 0 aromatic heterocycles. The van der Waals surface area contributed by atoms with Gasteiger partial charge in [0.05, 0.1) is 0 Å². The molecule has 12 heavy (non-hydrogen) atoms. The van der Waals surface area contributed by atoms with Crippen LogP contribution in [0.15, 0.2) is 18.2 Å². The van der Waals surface area contributed by atoms with E-state index < -0.39 is 5.92 Å². The second-order valence-electron chi connectivity index (χ2n) is 2.63. The summed E-state index contributed by atoms with van der Waals surface area (Å²) in [5.74, 6) is -2.94. The minimum Gasteiger partial charge on any atom is -0.399 e. The van der Waals surface area contributed by atoms with Crippen LogP contribution in [0.25, 0.3) is 0 Å². The first-order valence-electron chi connectivity index (χ1n) is 3.34. The van der Waals surface area contributed by atoms with Crippen molar-refractivity contribution in [3.63, 3.8) is 0 Å². The van der Waals surface area contributed by atoms with Crippen LogP contribution in [0.3, 0.4) is 0 Å². The molecule has 0 fully saturated rings. The Bertz CT molecular complexity index is 294. The van der Waals surface area contributed by atoms with Gasteiger partial charge in [-0.25, -0.2) is 8.78 Å². The molecule has 1 rings (SSSR count). The lowest BCUT2D eigenvalue weighted by molar-refractivity contribution is 0.0176. The Morgan fingerprint density at radius 1 is 1.42 bits per heavy atom. The first-order chi connectivity index (χ1) is 5.41. The zero-order valence-corrected chi connectivity index (χ0v) is 7.20. The molecule has 0 saturated heterocycles. The van der Waals surface area contributed by atoms with Gasteiger partial charge in [-0.2, -0.15) is 0 Å². The van der Waals surface area contributed by atoms with Crippen LogP contribution in [0.1, 0.15) is 12.5 Å². The van der Waals surface area contributed by atoms with Gasteiger partial charge >= 0.3 is 0 Å². The third-order valence-electron chi connectivity index (χ3n) is 1.46. The monoisotopic (exact) mass is 191 g/mol. The van der Waals surface area contributed by atoms with E-state index in [0.29, 0.717) is 0 Å². The zero-order chi connectivity index (χ0) is 9.35. The molecule has 66 valence electrons. The highest BCUT2D eigenvalue weighted by molar-refractivity contribution is 6.31. The Labute approximate surface area is 74.1 Å². The number of rotatable bonds is 1. The molecule has 1 nitrogen and oxygen atoms in total. The molecule has 4 heteroatoms. The van der Waals surface area contributed by atoms with Crippen molar-refractivity contribution in [1.29, 1.82) is 0 Å². The van der Waals surface area contributed by atoms with Crippen molar-refractivity contribution < 1.29 is 8.78 Å². The van der Waals surface area contributed by atoms with Crippen LogP contribution in [0.4, 0.5) is 14.5 Å². The molecule has 0 spiro atoms. The summed E-state index contributed by atoms with van der Waals surface area (Å²) in [6.07, 6.45) is 0. The maximum absolute atomic E-state index is 12.8. The van der Waals surface area contributed by atoms with Gasteiger partial charge in [0.2, 0.25) is 0 Å². The Kier molecular flexibility index (Phi) is 2.24. The molecule has 0 amide bonds. The number of hydrogen-bond acceptors (Lipinski definition) is 1. The van der Waals surface area contributed by atoms with Crippen molar-refractivity contribution >= 4 is 17.3 Å². The Morgan fingerprint density at radius 3 is 2.42 bits per heavy atom. The molecule has 1 aromatic carbocycles. The summed E-state index contributed by atoms with van der Waals surface area (Å²) >= 11 is 5.55. The van der Waals surface area contributed by atoms with Crippen LogP contribution in [-0.2, 0) is 5.92 Å². The van der Waals surface area contributed by atoms with Crippen LogP contribution in [0.2, 0.25) is 5.02 Å². The summed E-state index contributed by atoms with van der Waals surface area (Å²) in [5, 5.41) is 0.0386. The van der Waals surface area contributed by atoms with E-state index in [1.165, 1.54) is 18.2 Å². The molecule has 0 aliphatic rings. The third kappa shape index (κ3) is 1.85. The normalized spacial score (nSPS) is 11.7. The highest BCUT2D eigenvalue weighted by atomic mass is 35.5. The Hall–Kier alpha value is -0.830. The van der Waals surface area contributed by atoms with Crippen LogP contribution in [-0.4, -0.2) is 0 Å². The van der Waals surface area contributed by atoms with E-state index in [-0.39, 0.29) is 16.3 Å². The van der Waals surface area contributed by atoms with Crippen molar-refractivity contribution in [2.75, 3.05) is 5.73 Å². The number of hydrogen-bond donors (Lipinski definition) is 1. The van der Waals surface area contributed by atoms with Gasteiger partial charge in [0.25, 0.3) is 5.92 Å². The smallest absolute Gasteiger partial charge is 0.272 e. The van der Waals surface area contributed by atoms with Gasteiger partial charge in [0, 0.05) is 23.2 Å². The summed E-state index contributed by atoms with van der Waals surface area (Å²) in [5.41, 5.74) is 5.39. The predicted octanol–water partition coefficient (Wildman–Crippen LogP) is 3.03. The molecule has 0 bridgehead atoms. The predicted molar refractivity (Wildman–Crippen MR) is 45.4 cm³/mol. The van der Waals surface area contributed by atoms with E-state index in [0.717, 1.165) is 6.92 Å². The topological polar surface area (TPSA) is 26.0 Å². The number of nitrogens with two attached hydrogens (primary N) is 1. The number of benzene rings is 1. The quantitative estimate of drug-likeness (QED) is 0.679. The summed E-state index contributed by atoms with van der Waals surface area (Å²) < 4.78 is 25.5. The summed E-state index contributed by atoms with van der Waals surface area (Å²) in [4.78, 5) is 0. The molecular weight excluding hydrogens is 184 g/mol. The van der Waals surface area contributed by atoms with Gasteiger partial charge < -0.3 is 5.73 Å². The Balaban J connectivity index is 3.23. The Morgan fingerprint density at radius 2 is 2.00 bits per heavy atom. The fourth-order valence-electron chi connectivity index (χ4n) is 0.879. The first kappa shape index (κ1) is 9.26. The first-order valence-corrected chi connectivity index (χ1v) is 3.72. The lowest BCUT2D eigenvalue weighted by Gasteiger charge is -2.12. The standard InChI is InChI=1S/C8H8ClF2N/c1-8(10,11)6-4-5(12)2-3-7(6)9/h2-4H,12H2,1H3. The molecule has 1 aromatic rings. The van der Waals surface area contributed by atoms with Crippen molar-refractivity contribution in [2.45, 2.75) is 12.8 Å². The highest BCUT2D eigenvalue weighted by Crippen LogP contribution is 2.33. The van der Waals surface area contributed by atoms with Gasteiger partial charge in [-0.15, -0.1) is 0 Å². The van der Waals surface area contributed by atoms with E-state index in [1.54, 1.807) is 0 Å². The summed E-state index contributed by atoms with van der Waals surface area (Å²) in [6.45, 7) is 0.785. The van der Waals surface area contributed by atoms with Gasteiger partial charge in [-0.3, -0.25) is 0 Å². The van der Waals surface area contributed by atoms with Crippen LogP contribution >= 0.6 is 11.6 Å². The zero-order valence-electron chi connectivity index (χ0n) is 6.44. The van der Waals surface area contributed by atoms with Crippen LogP contribution in [0.5, 0.6) is 0 Å². The average Bonchev–Trinajstić information content (AvgIpc) is 1.92. The van der Waals surface area contributed by atoms with Gasteiger partial charge in [0.1, 0.15) is 0 Å². The molecule has 0 saturated carbocycles. The maximum atomic E-state index is 12.8. The molecule has 0 unspecified atom stereocenters. The molecule has 0 heterocycles. The van der Waals surface area contributed by atoms with Gasteiger partial charge in [-0.05, 0) is 18.2 Å². The lowest BCUT2D eigenvalue weighted by atomic mass is 10.1. The lowest BCUT2D eigenvalue weighted by Crippen LogP contribution is -2.08. The molecule has 0 atom stereocenters. The van der Waals surface area contributed by atoms with E-state index in [2.05, 4.69) is 0 Å². The number of halogens is 3. The minimum atomic E-state index is -2.94. The fraction of sp³-hybridized carbons (Fsp3) is 0.250. The van der Waals surface area contributed by atoms with Crippen molar-refractivity contribution in [2.24, 2.45) is 0 Å². The molecule has 0 radical (unpaired) electrons. The summed E-state index contributed by atoms with van der Waals surface area (Å²) in [7, 11) is 0. The van der Waals surface area contributed by atoms with E-state index in [4.69, 9.17) is 17.3 Å². The van der Waals surface area contributed by atoms with Gasteiger partial charge in [-0.1, -0.05) is 11.6 Å². The largest absolute Gasteiger partial charge is 0.399 e. The number of anilines is 1. The summed E-state index contributed by atoms with van der Waals surface area (Å²) in [6, 6.07) is 4.03. The average molecular weight is 192 g/mol. The molecule has 2 N–H and O–H groups in total. The van der Waals surface area contributed by atoms with Crippen LogP contribution < -0.4 is 5.73 Å². The second-order valence-corrected chi connectivity index (χ2v) is 3.03.